The zero-order valence-corrected chi connectivity index (χ0v) is 9.08. The molecule has 0 spiro atoms. The fourth-order valence-corrected chi connectivity index (χ4v) is 1.76. The Bertz CT molecular complexity index is 400. The predicted octanol–water partition coefficient (Wildman–Crippen LogP) is 3.57. The first-order valence-corrected chi connectivity index (χ1v) is 5.13. The molecule has 0 atom stereocenters. The van der Waals surface area contributed by atoms with Crippen LogP contribution in [0, 0.1) is 5.82 Å². The van der Waals surface area contributed by atoms with E-state index in [4.69, 9.17) is 0 Å². The van der Waals surface area contributed by atoms with Crippen molar-refractivity contribution in [2.45, 2.75) is 23.7 Å². The summed E-state index contributed by atoms with van der Waals surface area (Å²) in [5, 5.41) is 0. The normalized spacial score (nSPS) is 11.6. The minimum Gasteiger partial charge on any atom is -0.300 e. The Kier molecular flexibility index (Phi) is 3.96. The summed E-state index contributed by atoms with van der Waals surface area (Å²) < 4.78 is 49.2. The molecule has 88 valence electrons. The lowest BCUT2D eigenvalue weighted by molar-refractivity contribution is -0.116. The van der Waals surface area contributed by atoms with E-state index in [1.165, 1.54) is 6.92 Å². The number of Topliss-reactive ketones (excluding diaryl/α,β-unsaturated/α-hetero) is 1. The SMILES string of the molecule is CC(=O)Cc1cc(SC(F)(F)F)ccc1F. The number of halogens is 4. The number of ketones is 1. The average molecular weight is 252 g/mol. The molecule has 0 unspecified atom stereocenters. The number of hydrogen-bond acceptors (Lipinski definition) is 2. The van der Waals surface area contributed by atoms with Gasteiger partial charge < -0.3 is 0 Å². The first-order chi connectivity index (χ1) is 7.28. The standard InChI is InChI=1S/C10H8F4OS/c1-6(15)4-7-5-8(2-3-9(7)11)16-10(12,13)14/h2-3,5H,4H2,1H3. The van der Waals surface area contributed by atoms with Crippen LogP contribution in [0.1, 0.15) is 12.5 Å². The van der Waals surface area contributed by atoms with Crippen LogP contribution in [0.4, 0.5) is 17.6 Å². The number of carbonyl (C=O) groups excluding carboxylic acids is 1. The van der Waals surface area contributed by atoms with Gasteiger partial charge in [0.2, 0.25) is 0 Å². The molecule has 0 amide bonds. The third kappa shape index (κ3) is 4.22. The number of thioether (sulfide) groups is 1. The maximum Gasteiger partial charge on any atom is 0.446 e. The Balaban J connectivity index is 2.93. The predicted molar refractivity (Wildman–Crippen MR) is 52.7 cm³/mol. The molecule has 0 fully saturated rings. The summed E-state index contributed by atoms with van der Waals surface area (Å²) in [4.78, 5) is 10.6. The second-order valence-electron chi connectivity index (χ2n) is 3.18. The molecule has 0 aliphatic heterocycles. The lowest BCUT2D eigenvalue weighted by atomic mass is 10.1. The van der Waals surface area contributed by atoms with E-state index in [-0.39, 0.29) is 34.4 Å². The number of benzene rings is 1. The molecule has 1 nitrogen and oxygen atoms in total. The molecular weight excluding hydrogens is 244 g/mol. The molecule has 1 aromatic carbocycles. The van der Waals surface area contributed by atoms with Gasteiger partial charge in [-0.15, -0.1) is 0 Å². The van der Waals surface area contributed by atoms with Gasteiger partial charge in [-0.25, -0.2) is 4.39 Å². The maximum atomic E-state index is 13.1. The highest BCUT2D eigenvalue weighted by Gasteiger charge is 2.29. The van der Waals surface area contributed by atoms with E-state index in [1.807, 2.05) is 0 Å². The van der Waals surface area contributed by atoms with Crippen molar-refractivity contribution in [3.05, 3.63) is 29.6 Å². The van der Waals surface area contributed by atoms with Gasteiger partial charge in [0.05, 0.1) is 0 Å². The molecule has 1 rings (SSSR count). The van der Waals surface area contributed by atoms with Crippen molar-refractivity contribution in [2.24, 2.45) is 0 Å². The van der Waals surface area contributed by atoms with Crippen molar-refractivity contribution in [3.8, 4) is 0 Å². The van der Waals surface area contributed by atoms with Crippen LogP contribution in [-0.4, -0.2) is 11.3 Å². The molecule has 0 N–H and O–H groups in total. The molecule has 0 radical (unpaired) electrons. The van der Waals surface area contributed by atoms with Crippen molar-refractivity contribution in [1.82, 2.24) is 0 Å². The van der Waals surface area contributed by atoms with E-state index in [9.17, 15) is 22.4 Å². The molecule has 16 heavy (non-hydrogen) atoms. The molecule has 0 aromatic heterocycles. The zero-order valence-electron chi connectivity index (χ0n) is 8.27. The monoisotopic (exact) mass is 252 g/mol. The molecule has 0 saturated heterocycles. The Morgan fingerprint density at radius 1 is 1.38 bits per heavy atom. The number of hydrogen-bond donors (Lipinski definition) is 0. The first kappa shape index (κ1) is 13.0. The lowest BCUT2D eigenvalue weighted by Crippen LogP contribution is -2.02. The molecule has 0 heterocycles. The van der Waals surface area contributed by atoms with Crippen molar-refractivity contribution in [3.63, 3.8) is 0 Å². The van der Waals surface area contributed by atoms with Crippen LogP contribution < -0.4 is 0 Å². The topological polar surface area (TPSA) is 17.1 Å². The zero-order chi connectivity index (χ0) is 12.3. The summed E-state index contributed by atoms with van der Waals surface area (Å²) in [5.41, 5.74) is -4.42. The van der Waals surface area contributed by atoms with E-state index >= 15 is 0 Å². The first-order valence-electron chi connectivity index (χ1n) is 4.31. The van der Waals surface area contributed by atoms with Crippen LogP contribution in [0.25, 0.3) is 0 Å². The van der Waals surface area contributed by atoms with E-state index < -0.39 is 11.3 Å². The van der Waals surface area contributed by atoms with E-state index in [0.717, 1.165) is 18.2 Å². The molecule has 0 bridgehead atoms. The van der Waals surface area contributed by atoms with Crippen LogP contribution >= 0.6 is 11.8 Å². The van der Waals surface area contributed by atoms with E-state index in [2.05, 4.69) is 0 Å². The van der Waals surface area contributed by atoms with Gasteiger partial charge >= 0.3 is 5.51 Å². The number of rotatable bonds is 3. The van der Waals surface area contributed by atoms with Crippen molar-refractivity contribution < 1.29 is 22.4 Å². The minimum absolute atomic E-state index is 0.0123. The van der Waals surface area contributed by atoms with Crippen molar-refractivity contribution in [1.29, 1.82) is 0 Å². The van der Waals surface area contributed by atoms with Crippen LogP contribution in [-0.2, 0) is 11.2 Å². The second kappa shape index (κ2) is 4.86. The largest absolute Gasteiger partial charge is 0.446 e. The molecule has 0 aliphatic rings. The highest BCUT2D eigenvalue weighted by molar-refractivity contribution is 8.00. The maximum absolute atomic E-state index is 13.1. The molecule has 1 aromatic rings. The Hall–Kier alpha value is -1.04. The average Bonchev–Trinajstić information content (AvgIpc) is 2.07. The van der Waals surface area contributed by atoms with Gasteiger partial charge in [0, 0.05) is 11.3 Å². The van der Waals surface area contributed by atoms with Gasteiger partial charge in [-0.1, -0.05) is 0 Å². The summed E-state index contributed by atoms with van der Waals surface area (Å²) >= 11 is -0.327. The lowest BCUT2D eigenvalue weighted by Gasteiger charge is -2.07. The van der Waals surface area contributed by atoms with Gasteiger partial charge in [-0.3, -0.25) is 4.79 Å². The summed E-state index contributed by atoms with van der Waals surface area (Å²) in [5.74, 6) is -0.963. The highest BCUT2D eigenvalue weighted by atomic mass is 32.2. The van der Waals surface area contributed by atoms with Crippen molar-refractivity contribution in [2.75, 3.05) is 0 Å². The summed E-state index contributed by atoms with van der Waals surface area (Å²) in [6, 6.07) is 3.03. The fourth-order valence-electron chi connectivity index (χ4n) is 1.15. The fraction of sp³-hybridized carbons (Fsp3) is 0.300. The number of carbonyl (C=O) groups is 1. The van der Waals surface area contributed by atoms with Crippen LogP contribution in [0.5, 0.6) is 0 Å². The minimum atomic E-state index is -4.41. The van der Waals surface area contributed by atoms with E-state index in [0.29, 0.717) is 0 Å². The third-order valence-corrected chi connectivity index (χ3v) is 2.41. The quantitative estimate of drug-likeness (QED) is 0.604. The summed E-state index contributed by atoms with van der Waals surface area (Å²) in [6.45, 7) is 1.25. The van der Waals surface area contributed by atoms with Gasteiger partial charge in [-0.05, 0) is 42.4 Å². The van der Waals surface area contributed by atoms with Gasteiger partial charge in [0.15, 0.2) is 0 Å². The van der Waals surface area contributed by atoms with Crippen molar-refractivity contribution >= 4 is 17.5 Å². The van der Waals surface area contributed by atoms with Crippen LogP contribution in [0.3, 0.4) is 0 Å². The molecule has 0 saturated carbocycles. The van der Waals surface area contributed by atoms with Gasteiger partial charge in [0.1, 0.15) is 11.6 Å². The Labute approximate surface area is 93.8 Å². The molecular formula is C10H8F4OS. The van der Waals surface area contributed by atoms with Gasteiger partial charge in [0.25, 0.3) is 0 Å². The third-order valence-electron chi connectivity index (χ3n) is 1.69. The van der Waals surface area contributed by atoms with Crippen LogP contribution in [0.2, 0.25) is 0 Å². The Morgan fingerprint density at radius 2 is 2.00 bits per heavy atom. The highest BCUT2D eigenvalue weighted by Crippen LogP contribution is 2.37. The van der Waals surface area contributed by atoms with Crippen LogP contribution in [0.15, 0.2) is 23.1 Å². The number of alkyl halides is 3. The molecule has 6 heteroatoms. The summed E-state index contributed by atoms with van der Waals surface area (Å²) in [7, 11) is 0. The smallest absolute Gasteiger partial charge is 0.300 e. The second-order valence-corrected chi connectivity index (χ2v) is 4.32. The van der Waals surface area contributed by atoms with Gasteiger partial charge in [-0.2, -0.15) is 13.2 Å². The molecule has 0 aliphatic carbocycles. The Morgan fingerprint density at radius 3 is 2.50 bits per heavy atom. The summed E-state index contributed by atoms with van der Waals surface area (Å²) in [6.07, 6.45) is -0.196. The van der Waals surface area contributed by atoms with E-state index in [1.54, 1.807) is 0 Å².